The molecule has 0 aliphatic carbocycles. The molecular formula is C13H15N3OS. The molecule has 0 N–H and O–H groups in total. The van der Waals surface area contributed by atoms with E-state index in [1.165, 1.54) is 6.42 Å². The van der Waals surface area contributed by atoms with E-state index in [-0.39, 0.29) is 0 Å². The fourth-order valence-electron chi connectivity index (χ4n) is 1.96. The van der Waals surface area contributed by atoms with Crippen LogP contribution in [0, 0.1) is 0 Å². The molecule has 1 aromatic carbocycles. The smallest absolute Gasteiger partial charge is 0.208 e. The highest BCUT2D eigenvalue weighted by molar-refractivity contribution is 7.99. The van der Waals surface area contributed by atoms with E-state index in [9.17, 15) is 0 Å². The number of para-hydroxylation sites is 1. The Hall–Kier alpha value is -1.33. The van der Waals surface area contributed by atoms with Gasteiger partial charge in [0.25, 0.3) is 0 Å². The number of thioether (sulfide) groups is 1. The monoisotopic (exact) mass is 261 g/mol. The molecule has 1 saturated heterocycles. The molecule has 0 radical (unpaired) electrons. The minimum Gasteiger partial charge on any atom is -0.377 e. The van der Waals surface area contributed by atoms with Gasteiger partial charge < -0.3 is 4.74 Å². The molecule has 1 fully saturated rings. The van der Waals surface area contributed by atoms with Crippen molar-refractivity contribution < 1.29 is 4.74 Å². The minimum absolute atomic E-state index is 0.374. The predicted octanol–water partition coefficient (Wildman–Crippen LogP) is 2.54. The Balaban J connectivity index is 1.63. The second-order valence-electron chi connectivity index (χ2n) is 4.25. The summed E-state index contributed by atoms with van der Waals surface area (Å²) in [6.45, 7) is 0.900. The van der Waals surface area contributed by atoms with Gasteiger partial charge in [0.15, 0.2) is 0 Å². The minimum atomic E-state index is 0.374. The van der Waals surface area contributed by atoms with Crippen LogP contribution >= 0.6 is 11.8 Å². The number of nitrogens with zero attached hydrogens (tertiary/aromatic N) is 3. The van der Waals surface area contributed by atoms with E-state index in [1.54, 1.807) is 22.8 Å². The highest BCUT2D eigenvalue weighted by Crippen LogP contribution is 2.21. The molecule has 2 aromatic rings. The van der Waals surface area contributed by atoms with E-state index < -0.39 is 0 Å². The van der Waals surface area contributed by atoms with Crippen molar-refractivity contribution in [3.8, 4) is 5.69 Å². The Morgan fingerprint density at radius 1 is 1.33 bits per heavy atom. The summed E-state index contributed by atoms with van der Waals surface area (Å²) in [5.74, 6) is 0.943. The lowest BCUT2D eigenvalue weighted by molar-refractivity contribution is 0.129. The number of ether oxygens (including phenoxy) is 1. The van der Waals surface area contributed by atoms with Crippen LogP contribution in [0.25, 0.3) is 5.69 Å². The first-order chi connectivity index (χ1) is 8.92. The first-order valence-electron chi connectivity index (χ1n) is 6.13. The summed E-state index contributed by atoms with van der Waals surface area (Å²) in [4.78, 5) is 4.31. The van der Waals surface area contributed by atoms with Gasteiger partial charge in [0.05, 0.1) is 11.8 Å². The van der Waals surface area contributed by atoms with E-state index in [0.29, 0.717) is 6.10 Å². The van der Waals surface area contributed by atoms with Gasteiger partial charge in [0.1, 0.15) is 6.33 Å². The largest absolute Gasteiger partial charge is 0.377 e. The average Bonchev–Trinajstić information content (AvgIpc) is 3.09. The van der Waals surface area contributed by atoms with Crippen molar-refractivity contribution in [1.82, 2.24) is 14.8 Å². The van der Waals surface area contributed by atoms with Crippen LogP contribution in [0.4, 0.5) is 0 Å². The maximum Gasteiger partial charge on any atom is 0.208 e. The SMILES string of the molecule is c1ccc(-n2cnc(SC[C@@H]3CCCO3)n2)cc1. The molecule has 1 aromatic heterocycles. The van der Waals surface area contributed by atoms with Crippen LogP contribution in [-0.4, -0.2) is 33.2 Å². The first-order valence-corrected chi connectivity index (χ1v) is 7.12. The third kappa shape index (κ3) is 2.73. The maximum absolute atomic E-state index is 5.58. The van der Waals surface area contributed by atoms with Gasteiger partial charge in [-0.2, -0.15) is 0 Å². The zero-order chi connectivity index (χ0) is 12.2. The zero-order valence-electron chi connectivity index (χ0n) is 10.0. The third-order valence-electron chi connectivity index (χ3n) is 2.91. The van der Waals surface area contributed by atoms with E-state index >= 15 is 0 Å². The predicted molar refractivity (Wildman–Crippen MR) is 71.1 cm³/mol. The summed E-state index contributed by atoms with van der Waals surface area (Å²) < 4.78 is 7.39. The molecule has 3 rings (SSSR count). The van der Waals surface area contributed by atoms with Gasteiger partial charge in [0.2, 0.25) is 5.16 Å². The Bertz CT molecular complexity index is 494. The van der Waals surface area contributed by atoms with Crippen LogP contribution in [0.2, 0.25) is 0 Å². The van der Waals surface area contributed by atoms with Gasteiger partial charge in [-0.3, -0.25) is 0 Å². The Morgan fingerprint density at radius 2 is 2.22 bits per heavy atom. The molecular weight excluding hydrogens is 246 g/mol. The van der Waals surface area contributed by atoms with Crippen molar-refractivity contribution in [3.05, 3.63) is 36.7 Å². The second kappa shape index (κ2) is 5.54. The summed E-state index contributed by atoms with van der Waals surface area (Å²) >= 11 is 1.67. The molecule has 0 amide bonds. The van der Waals surface area contributed by atoms with Crippen molar-refractivity contribution in [2.45, 2.75) is 24.1 Å². The topological polar surface area (TPSA) is 39.9 Å². The Labute approximate surface area is 110 Å². The first kappa shape index (κ1) is 11.7. The van der Waals surface area contributed by atoms with Crippen LogP contribution in [0.5, 0.6) is 0 Å². The zero-order valence-corrected chi connectivity index (χ0v) is 10.8. The molecule has 0 saturated carbocycles. The quantitative estimate of drug-likeness (QED) is 0.793. The normalized spacial score (nSPS) is 19.2. The second-order valence-corrected chi connectivity index (χ2v) is 5.24. The maximum atomic E-state index is 5.58. The number of hydrogen-bond acceptors (Lipinski definition) is 4. The molecule has 5 heteroatoms. The van der Waals surface area contributed by atoms with Crippen molar-refractivity contribution in [2.75, 3.05) is 12.4 Å². The number of rotatable bonds is 4. The van der Waals surface area contributed by atoms with E-state index in [4.69, 9.17) is 4.74 Å². The molecule has 0 spiro atoms. The lowest BCUT2D eigenvalue weighted by atomic mass is 10.3. The highest BCUT2D eigenvalue weighted by Gasteiger charge is 2.16. The van der Waals surface area contributed by atoms with Gasteiger partial charge in [-0.05, 0) is 25.0 Å². The van der Waals surface area contributed by atoms with Crippen LogP contribution in [0.15, 0.2) is 41.8 Å². The molecule has 18 heavy (non-hydrogen) atoms. The van der Waals surface area contributed by atoms with Crippen molar-refractivity contribution in [1.29, 1.82) is 0 Å². The third-order valence-corrected chi connectivity index (χ3v) is 3.90. The lowest BCUT2D eigenvalue weighted by Gasteiger charge is -2.05. The Kier molecular flexibility index (Phi) is 3.61. The summed E-state index contributed by atoms with van der Waals surface area (Å²) in [7, 11) is 0. The number of benzene rings is 1. The van der Waals surface area contributed by atoms with Crippen molar-refractivity contribution in [3.63, 3.8) is 0 Å². The van der Waals surface area contributed by atoms with Gasteiger partial charge >= 0.3 is 0 Å². The van der Waals surface area contributed by atoms with E-state index in [0.717, 1.165) is 29.6 Å². The van der Waals surface area contributed by atoms with Gasteiger partial charge in [-0.1, -0.05) is 30.0 Å². The van der Waals surface area contributed by atoms with Crippen LogP contribution in [0.1, 0.15) is 12.8 Å². The molecule has 2 heterocycles. The summed E-state index contributed by atoms with van der Waals surface area (Å²) in [5, 5.41) is 5.27. The molecule has 94 valence electrons. The van der Waals surface area contributed by atoms with Crippen molar-refractivity contribution in [2.24, 2.45) is 0 Å². The Morgan fingerprint density at radius 3 is 3.00 bits per heavy atom. The van der Waals surface area contributed by atoms with Crippen LogP contribution in [0.3, 0.4) is 0 Å². The highest BCUT2D eigenvalue weighted by atomic mass is 32.2. The molecule has 1 atom stereocenters. The van der Waals surface area contributed by atoms with Gasteiger partial charge in [0, 0.05) is 12.4 Å². The molecule has 1 aliphatic heterocycles. The van der Waals surface area contributed by atoms with E-state index in [1.807, 2.05) is 30.3 Å². The molecule has 4 nitrogen and oxygen atoms in total. The standard InChI is InChI=1S/C13H15N3OS/c1-2-5-11(6-3-1)16-10-14-13(15-16)18-9-12-7-4-8-17-12/h1-3,5-6,10,12H,4,7-9H2/t12-/m0/s1. The average molecular weight is 261 g/mol. The number of aromatic nitrogens is 3. The molecule has 0 bridgehead atoms. The van der Waals surface area contributed by atoms with Crippen molar-refractivity contribution >= 4 is 11.8 Å². The fraction of sp³-hybridized carbons (Fsp3) is 0.385. The van der Waals surface area contributed by atoms with Crippen LogP contribution < -0.4 is 0 Å². The molecule has 0 unspecified atom stereocenters. The van der Waals surface area contributed by atoms with E-state index in [2.05, 4.69) is 10.1 Å². The summed E-state index contributed by atoms with van der Waals surface area (Å²) in [6.07, 6.45) is 4.47. The summed E-state index contributed by atoms with van der Waals surface area (Å²) in [6, 6.07) is 10.0. The fourth-order valence-corrected chi connectivity index (χ4v) is 2.83. The lowest BCUT2D eigenvalue weighted by Crippen LogP contribution is -2.07. The van der Waals surface area contributed by atoms with Gasteiger partial charge in [-0.25, -0.2) is 9.67 Å². The molecule has 1 aliphatic rings. The number of hydrogen-bond donors (Lipinski definition) is 0. The summed E-state index contributed by atoms with van der Waals surface area (Å²) in [5.41, 5.74) is 1.04. The van der Waals surface area contributed by atoms with Crippen LogP contribution in [-0.2, 0) is 4.74 Å². The van der Waals surface area contributed by atoms with Gasteiger partial charge in [-0.15, -0.1) is 5.10 Å².